The second-order valence-electron chi connectivity index (χ2n) is 6.88. The Morgan fingerprint density at radius 2 is 1.97 bits per heavy atom. The molecular formula is C22H22N2O5. The molecule has 4 rings (SSSR count). The summed E-state index contributed by atoms with van der Waals surface area (Å²) in [5.41, 5.74) is 2.34. The Bertz CT molecular complexity index is 985. The van der Waals surface area contributed by atoms with Crippen LogP contribution in [0.4, 0.5) is 11.4 Å². The molecule has 29 heavy (non-hydrogen) atoms. The fraction of sp³-hybridized carbons (Fsp3) is 0.273. The normalized spacial score (nSPS) is 15.5. The third-order valence-electron chi connectivity index (χ3n) is 5.14. The van der Waals surface area contributed by atoms with Crippen molar-refractivity contribution in [3.8, 4) is 11.5 Å². The van der Waals surface area contributed by atoms with Crippen LogP contribution in [-0.4, -0.2) is 55.2 Å². The molecule has 1 N–H and O–H groups in total. The molecule has 2 heterocycles. The molecule has 0 atom stereocenters. The van der Waals surface area contributed by atoms with Crippen LogP contribution in [0, 0.1) is 0 Å². The van der Waals surface area contributed by atoms with Crippen LogP contribution >= 0.6 is 0 Å². The smallest absolute Gasteiger partial charge is 0.339 e. The number of hydrogen-bond acceptors (Lipinski definition) is 5. The average Bonchev–Trinajstić information content (AvgIpc) is 2.77. The van der Waals surface area contributed by atoms with Crippen molar-refractivity contribution in [2.75, 3.05) is 38.3 Å². The Morgan fingerprint density at radius 1 is 1.10 bits per heavy atom. The van der Waals surface area contributed by atoms with Crippen molar-refractivity contribution in [1.82, 2.24) is 4.90 Å². The van der Waals surface area contributed by atoms with Gasteiger partial charge in [-0.15, -0.1) is 0 Å². The minimum atomic E-state index is -1.04. The van der Waals surface area contributed by atoms with E-state index in [0.29, 0.717) is 36.8 Å². The zero-order valence-corrected chi connectivity index (χ0v) is 16.1. The highest BCUT2D eigenvalue weighted by atomic mass is 16.5. The predicted molar refractivity (Wildman–Crippen MR) is 109 cm³/mol. The minimum Gasteiger partial charge on any atom is -0.496 e. The van der Waals surface area contributed by atoms with E-state index in [0.717, 1.165) is 24.3 Å². The lowest BCUT2D eigenvalue weighted by molar-refractivity contribution is 0.0692. The van der Waals surface area contributed by atoms with Crippen molar-refractivity contribution in [1.29, 1.82) is 0 Å². The van der Waals surface area contributed by atoms with Crippen LogP contribution in [0.3, 0.4) is 0 Å². The van der Waals surface area contributed by atoms with Crippen molar-refractivity contribution in [3.05, 3.63) is 59.7 Å². The fourth-order valence-electron chi connectivity index (χ4n) is 3.65. The molecule has 0 aliphatic carbocycles. The van der Waals surface area contributed by atoms with E-state index < -0.39 is 5.97 Å². The van der Waals surface area contributed by atoms with Crippen LogP contribution in [0.1, 0.15) is 27.1 Å². The monoisotopic (exact) mass is 394 g/mol. The molecule has 0 fully saturated rings. The number of nitrogens with zero attached hydrogens (tertiary/aromatic N) is 2. The van der Waals surface area contributed by atoms with Gasteiger partial charge in [-0.2, -0.15) is 0 Å². The van der Waals surface area contributed by atoms with Crippen molar-refractivity contribution in [3.63, 3.8) is 0 Å². The van der Waals surface area contributed by atoms with Gasteiger partial charge in [-0.3, -0.25) is 4.79 Å². The van der Waals surface area contributed by atoms with Crippen LogP contribution < -0.4 is 14.4 Å². The summed E-state index contributed by atoms with van der Waals surface area (Å²) in [7, 11) is 1.45. The highest BCUT2D eigenvalue weighted by Gasteiger charge is 2.24. The van der Waals surface area contributed by atoms with Crippen LogP contribution in [0.25, 0.3) is 0 Å². The van der Waals surface area contributed by atoms with E-state index in [1.807, 2.05) is 28.0 Å². The Kier molecular flexibility index (Phi) is 5.12. The van der Waals surface area contributed by atoms with Crippen LogP contribution in [0.15, 0.2) is 48.6 Å². The van der Waals surface area contributed by atoms with E-state index in [1.54, 1.807) is 18.2 Å². The number of carboxylic acids is 1. The van der Waals surface area contributed by atoms with Crippen molar-refractivity contribution in [2.24, 2.45) is 0 Å². The molecule has 2 aromatic carbocycles. The van der Waals surface area contributed by atoms with E-state index in [2.05, 4.69) is 6.08 Å². The van der Waals surface area contributed by atoms with Crippen LogP contribution in [0.2, 0.25) is 0 Å². The van der Waals surface area contributed by atoms with E-state index >= 15 is 0 Å². The molecule has 0 unspecified atom stereocenters. The standard InChI is InChI=1S/C22H22N2O5/c1-28-19-14-16(6-7-17(19)22(26)27)24-11-12-29-20-13-15(5-8-18(20)24)21(25)23-9-3-2-4-10-23/h2-3,5-8,13-14H,4,9-12H2,1H3,(H,26,27). The molecule has 0 aromatic heterocycles. The summed E-state index contributed by atoms with van der Waals surface area (Å²) in [4.78, 5) is 28.0. The molecule has 2 aliphatic rings. The highest BCUT2D eigenvalue weighted by Crippen LogP contribution is 2.39. The molecule has 0 bridgehead atoms. The first-order valence-corrected chi connectivity index (χ1v) is 9.48. The Labute approximate surface area is 168 Å². The van der Waals surface area contributed by atoms with Gasteiger partial charge in [0.05, 0.1) is 19.3 Å². The third kappa shape index (κ3) is 3.63. The van der Waals surface area contributed by atoms with Gasteiger partial charge < -0.3 is 24.4 Å². The zero-order chi connectivity index (χ0) is 20.4. The molecule has 150 valence electrons. The summed E-state index contributed by atoms with van der Waals surface area (Å²) in [6.45, 7) is 2.40. The van der Waals surface area contributed by atoms with Crippen LogP contribution in [0.5, 0.6) is 11.5 Å². The first-order valence-electron chi connectivity index (χ1n) is 9.48. The van der Waals surface area contributed by atoms with Gasteiger partial charge >= 0.3 is 5.97 Å². The van der Waals surface area contributed by atoms with E-state index in [1.165, 1.54) is 13.2 Å². The van der Waals surface area contributed by atoms with Gasteiger partial charge in [0.25, 0.3) is 5.91 Å². The molecular weight excluding hydrogens is 372 g/mol. The molecule has 2 aliphatic heterocycles. The van der Waals surface area contributed by atoms with E-state index in [4.69, 9.17) is 9.47 Å². The first kappa shape index (κ1) is 18.9. The minimum absolute atomic E-state index is 0.00893. The van der Waals surface area contributed by atoms with Crippen molar-refractivity contribution >= 4 is 23.3 Å². The van der Waals surface area contributed by atoms with Gasteiger partial charge in [0, 0.05) is 30.4 Å². The summed E-state index contributed by atoms with van der Waals surface area (Å²) in [6.07, 6.45) is 4.96. The third-order valence-corrected chi connectivity index (χ3v) is 5.14. The molecule has 7 heteroatoms. The number of amides is 1. The first-order chi connectivity index (χ1) is 14.1. The maximum Gasteiger partial charge on any atom is 0.339 e. The van der Waals surface area contributed by atoms with Gasteiger partial charge in [-0.05, 0) is 36.8 Å². The fourth-order valence-corrected chi connectivity index (χ4v) is 3.65. The largest absolute Gasteiger partial charge is 0.496 e. The Balaban J connectivity index is 1.64. The average molecular weight is 394 g/mol. The topological polar surface area (TPSA) is 79.3 Å². The van der Waals surface area contributed by atoms with Crippen molar-refractivity contribution in [2.45, 2.75) is 6.42 Å². The number of methoxy groups -OCH3 is 1. The number of rotatable bonds is 4. The van der Waals surface area contributed by atoms with Gasteiger partial charge in [-0.1, -0.05) is 12.2 Å². The molecule has 0 spiro atoms. The number of carbonyl (C=O) groups excluding carboxylic acids is 1. The predicted octanol–water partition coefficient (Wildman–Crippen LogP) is 3.33. The Hall–Kier alpha value is -3.48. The molecule has 0 saturated carbocycles. The number of aromatic carboxylic acids is 1. The number of fused-ring (bicyclic) bond motifs is 1. The number of hydrogen-bond donors (Lipinski definition) is 1. The highest BCUT2D eigenvalue weighted by molar-refractivity contribution is 5.96. The van der Waals surface area contributed by atoms with E-state index in [-0.39, 0.29) is 11.5 Å². The molecule has 2 aromatic rings. The number of anilines is 2. The van der Waals surface area contributed by atoms with Gasteiger partial charge in [0.1, 0.15) is 23.7 Å². The van der Waals surface area contributed by atoms with Crippen molar-refractivity contribution < 1.29 is 24.2 Å². The quantitative estimate of drug-likeness (QED) is 0.802. The van der Waals surface area contributed by atoms with Gasteiger partial charge in [0.2, 0.25) is 0 Å². The second-order valence-corrected chi connectivity index (χ2v) is 6.88. The number of carboxylic acid groups (broad SMARTS) is 1. The lowest BCUT2D eigenvalue weighted by Gasteiger charge is -2.32. The molecule has 7 nitrogen and oxygen atoms in total. The summed E-state index contributed by atoms with van der Waals surface area (Å²) in [5.74, 6) is -0.110. The van der Waals surface area contributed by atoms with E-state index in [9.17, 15) is 14.7 Å². The second kappa shape index (κ2) is 7.87. The summed E-state index contributed by atoms with van der Waals surface area (Å²) < 4.78 is 11.1. The number of benzene rings is 2. The molecule has 0 radical (unpaired) electrons. The number of carbonyl (C=O) groups is 2. The molecule has 1 amide bonds. The summed E-state index contributed by atoms with van der Waals surface area (Å²) >= 11 is 0. The Morgan fingerprint density at radius 3 is 2.69 bits per heavy atom. The molecule has 0 saturated heterocycles. The zero-order valence-electron chi connectivity index (χ0n) is 16.1. The maximum absolute atomic E-state index is 12.8. The van der Waals surface area contributed by atoms with Crippen LogP contribution in [-0.2, 0) is 0 Å². The lowest BCUT2D eigenvalue weighted by atomic mass is 10.1. The SMILES string of the molecule is COc1cc(N2CCOc3cc(C(=O)N4CC=CCC4)ccc32)ccc1C(=O)O. The van der Waals surface area contributed by atoms with Gasteiger partial charge in [0.15, 0.2) is 0 Å². The summed E-state index contributed by atoms with van der Waals surface area (Å²) in [5, 5.41) is 9.29. The summed E-state index contributed by atoms with van der Waals surface area (Å²) in [6, 6.07) is 10.5. The maximum atomic E-state index is 12.8. The number of ether oxygens (including phenoxy) is 2. The lowest BCUT2D eigenvalue weighted by Crippen LogP contribution is -2.34. The van der Waals surface area contributed by atoms with Gasteiger partial charge in [-0.25, -0.2) is 4.79 Å².